The average molecular weight is 378 g/mol. The van der Waals surface area contributed by atoms with Crippen molar-refractivity contribution >= 4 is 0 Å². The van der Waals surface area contributed by atoms with Crippen molar-refractivity contribution in [2.45, 2.75) is 45.8 Å². The van der Waals surface area contributed by atoms with Gasteiger partial charge in [0.1, 0.15) is 5.82 Å². The SMILES string of the molecule is CCN1C[C@@H]2[C@H](C1)[C@H]2n1cc(-c2cnc(C)c(C(F)(F)F)c2)nc1C(C)C. The Kier molecular flexibility index (Phi) is 4.33. The van der Waals surface area contributed by atoms with Crippen LogP contribution < -0.4 is 0 Å². The maximum Gasteiger partial charge on any atom is 0.418 e. The van der Waals surface area contributed by atoms with Crippen LogP contribution in [-0.2, 0) is 6.18 Å². The molecule has 2 fully saturated rings. The summed E-state index contributed by atoms with van der Waals surface area (Å²) in [7, 11) is 0. The molecule has 0 spiro atoms. The number of imidazole rings is 1. The van der Waals surface area contributed by atoms with E-state index in [2.05, 4.69) is 35.2 Å². The standard InChI is InChI=1S/C20H25F3N4/c1-5-26-8-14-15(9-26)18(14)27-10-17(25-19(27)11(2)3)13-6-16(20(21,22)23)12(4)24-7-13/h6-7,10-11,14-15,18H,5,8-9H2,1-4H3/t14-,15+,18+. The van der Waals surface area contributed by atoms with Crippen LogP contribution in [-0.4, -0.2) is 39.1 Å². The van der Waals surface area contributed by atoms with Gasteiger partial charge < -0.3 is 9.47 Å². The molecule has 1 aliphatic carbocycles. The molecule has 0 aromatic carbocycles. The smallest absolute Gasteiger partial charge is 0.330 e. The number of rotatable bonds is 4. The van der Waals surface area contributed by atoms with Crippen LogP contribution in [0.1, 0.15) is 49.8 Å². The van der Waals surface area contributed by atoms with Crippen molar-refractivity contribution in [3.05, 3.63) is 35.5 Å². The number of aromatic nitrogens is 3. The number of hydrogen-bond donors (Lipinski definition) is 0. The Morgan fingerprint density at radius 1 is 1.22 bits per heavy atom. The quantitative estimate of drug-likeness (QED) is 0.785. The molecule has 4 rings (SSSR count). The van der Waals surface area contributed by atoms with E-state index >= 15 is 0 Å². The van der Waals surface area contributed by atoms with Crippen LogP contribution in [0.2, 0.25) is 0 Å². The van der Waals surface area contributed by atoms with Crippen molar-refractivity contribution in [2.75, 3.05) is 19.6 Å². The molecule has 146 valence electrons. The predicted molar refractivity (Wildman–Crippen MR) is 97.4 cm³/mol. The Labute approximate surface area is 157 Å². The zero-order valence-corrected chi connectivity index (χ0v) is 16.1. The van der Waals surface area contributed by atoms with Gasteiger partial charge in [0.15, 0.2) is 0 Å². The second-order valence-electron chi connectivity index (χ2n) is 8.07. The third-order valence-corrected chi connectivity index (χ3v) is 5.96. The first-order valence-corrected chi connectivity index (χ1v) is 9.56. The summed E-state index contributed by atoms with van der Waals surface area (Å²) in [6.07, 6.45) is -0.983. The molecular formula is C20H25F3N4. The molecule has 0 radical (unpaired) electrons. The minimum absolute atomic E-state index is 0.00820. The van der Waals surface area contributed by atoms with E-state index in [0.29, 0.717) is 29.1 Å². The van der Waals surface area contributed by atoms with Gasteiger partial charge in [-0.2, -0.15) is 13.2 Å². The largest absolute Gasteiger partial charge is 0.418 e. The van der Waals surface area contributed by atoms with Gasteiger partial charge in [-0.25, -0.2) is 4.98 Å². The summed E-state index contributed by atoms with van der Waals surface area (Å²) in [5.74, 6) is 2.42. The van der Waals surface area contributed by atoms with Crippen LogP contribution in [0.4, 0.5) is 13.2 Å². The molecule has 7 heteroatoms. The van der Waals surface area contributed by atoms with E-state index in [1.807, 2.05) is 6.20 Å². The van der Waals surface area contributed by atoms with Gasteiger partial charge in [0.05, 0.1) is 11.3 Å². The highest BCUT2D eigenvalue weighted by Crippen LogP contribution is 2.56. The van der Waals surface area contributed by atoms with Crippen LogP contribution in [0.15, 0.2) is 18.5 Å². The molecule has 0 unspecified atom stereocenters. The summed E-state index contributed by atoms with van der Waals surface area (Å²) >= 11 is 0. The van der Waals surface area contributed by atoms with Gasteiger partial charge in [-0.3, -0.25) is 4.98 Å². The highest BCUT2D eigenvalue weighted by molar-refractivity contribution is 5.59. The normalized spacial score (nSPS) is 25.3. The fourth-order valence-electron chi connectivity index (χ4n) is 4.43. The van der Waals surface area contributed by atoms with Gasteiger partial charge in [-0.15, -0.1) is 0 Å². The predicted octanol–water partition coefficient (Wildman–Crippen LogP) is 4.52. The molecule has 0 bridgehead atoms. The second kappa shape index (κ2) is 6.33. The van der Waals surface area contributed by atoms with Crippen LogP contribution in [0.25, 0.3) is 11.3 Å². The second-order valence-corrected chi connectivity index (χ2v) is 8.07. The zero-order chi connectivity index (χ0) is 19.5. The van der Waals surface area contributed by atoms with Crippen molar-refractivity contribution in [3.63, 3.8) is 0 Å². The Morgan fingerprint density at radius 3 is 2.44 bits per heavy atom. The first-order chi connectivity index (χ1) is 12.7. The maximum atomic E-state index is 13.3. The Hall–Kier alpha value is -1.89. The highest BCUT2D eigenvalue weighted by atomic mass is 19.4. The van der Waals surface area contributed by atoms with Crippen LogP contribution in [0.5, 0.6) is 0 Å². The molecule has 3 heterocycles. The van der Waals surface area contributed by atoms with E-state index in [9.17, 15) is 13.2 Å². The van der Waals surface area contributed by atoms with Gasteiger partial charge >= 0.3 is 6.18 Å². The van der Waals surface area contributed by atoms with Gasteiger partial charge in [-0.1, -0.05) is 20.8 Å². The van der Waals surface area contributed by atoms with E-state index in [4.69, 9.17) is 4.98 Å². The minimum Gasteiger partial charge on any atom is -0.330 e. The zero-order valence-electron chi connectivity index (χ0n) is 16.1. The number of hydrogen-bond acceptors (Lipinski definition) is 3. The van der Waals surface area contributed by atoms with Crippen LogP contribution in [0, 0.1) is 18.8 Å². The molecule has 0 N–H and O–H groups in total. The summed E-state index contributed by atoms with van der Waals surface area (Å²) in [5.41, 5.74) is 0.303. The number of nitrogens with zero attached hydrogens (tertiary/aromatic N) is 4. The van der Waals surface area contributed by atoms with E-state index in [0.717, 1.165) is 25.5 Å². The number of pyridine rings is 1. The number of likely N-dealkylation sites (tertiary alicyclic amines) is 1. The third kappa shape index (κ3) is 3.16. The van der Waals surface area contributed by atoms with Crippen LogP contribution >= 0.6 is 0 Å². The molecule has 4 nitrogen and oxygen atoms in total. The fourth-order valence-corrected chi connectivity index (χ4v) is 4.43. The third-order valence-electron chi connectivity index (χ3n) is 5.96. The van der Waals surface area contributed by atoms with E-state index < -0.39 is 11.7 Å². The lowest BCUT2D eigenvalue weighted by molar-refractivity contribution is -0.138. The summed E-state index contributed by atoms with van der Waals surface area (Å²) in [4.78, 5) is 11.1. The highest BCUT2D eigenvalue weighted by Gasteiger charge is 2.57. The fraction of sp³-hybridized carbons (Fsp3) is 0.600. The first kappa shape index (κ1) is 18.5. The molecule has 1 saturated heterocycles. The molecular weight excluding hydrogens is 353 g/mol. The lowest BCUT2D eigenvalue weighted by Crippen LogP contribution is -2.25. The first-order valence-electron chi connectivity index (χ1n) is 9.56. The summed E-state index contributed by atoms with van der Waals surface area (Å²) < 4.78 is 42.0. The van der Waals surface area contributed by atoms with Crippen molar-refractivity contribution in [1.29, 1.82) is 0 Å². The van der Waals surface area contributed by atoms with Crippen molar-refractivity contribution in [2.24, 2.45) is 11.8 Å². The summed E-state index contributed by atoms with van der Waals surface area (Å²) in [6.45, 7) is 11.0. The average Bonchev–Trinajstić information content (AvgIpc) is 2.99. The van der Waals surface area contributed by atoms with Crippen molar-refractivity contribution in [3.8, 4) is 11.3 Å². The monoisotopic (exact) mass is 378 g/mol. The number of piperidine rings is 1. The van der Waals surface area contributed by atoms with E-state index in [1.165, 1.54) is 19.2 Å². The Morgan fingerprint density at radius 2 is 1.89 bits per heavy atom. The Balaban J connectivity index is 1.68. The summed E-state index contributed by atoms with van der Waals surface area (Å²) in [5, 5.41) is 0. The van der Waals surface area contributed by atoms with Crippen LogP contribution in [0.3, 0.4) is 0 Å². The van der Waals surface area contributed by atoms with Gasteiger partial charge in [0.25, 0.3) is 0 Å². The number of aryl methyl sites for hydroxylation is 1. The van der Waals surface area contributed by atoms with Crippen molar-refractivity contribution in [1.82, 2.24) is 19.4 Å². The molecule has 2 aliphatic rings. The summed E-state index contributed by atoms with van der Waals surface area (Å²) in [6, 6.07) is 1.60. The number of fused-ring (bicyclic) bond motifs is 1. The van der Waals surface area contributed by atoms with E-state index in [-0.39, 0.29) is 11.6 Å². The van der Waals surface area contributed by atoms with Gasteiger partial charge in [0.2, 0.25) is 0 Å². The van der Waals surface area contributed by atoms with Gasteiger partial charge in [-0.05, 0) is 31.4 Å². The lowest BCUT2D eigenvalue weighted by atomic mass is 10.1. The molecule has 2 aromatic heterocycles. The topological polar surface area (TPSA) is 34.0 Å². The molecule has 3 atom stereocenters. The molecule has 1 aliphatic heterocycles. The van der Waals surface area contributed by atoms with Gasteiger partial charge in [0, 0.05) is 48.7 Å². The lowest BCUT2D eigenvalue weighted by Gasteiger charge is -2.19. The molecule has 27 heavy (non-hydrogen) atoms. The minimum atomic E-state index is -4.41. The molecule has 1 saturated carbocycles. The number of alkyl halides is 3. The molecule has 0 amide bonds. The maximum absolute atomic E-state index is 13.3. The van der Waals surface area contributed by atoms with E-state index in [1.54, 1.807) is 0 Å². The number of halogens is 3. The van der Waals surface area contributed by atoms with Crippen molar-refractivity contribution < 1.29 is 13.2 Å². The molecule has 2 aromatic rings. The Bertz CT molecular complexity index is 843.